The number of aliphatic hydroxyl groups excluding tert-OH is 2. The largest absolute Gasteiger partial charge is 0.477 e. The van der Waals surface area contributed by atoms with E-state index in [9.17, 15) is 33.7 Å². The third-order valence-corrected chi connectivity index (χ3v) is 13.6. The van der Waals surface area contributed by atoms with Crippen LogP contribution >= 0.6 is 48.7 Å². The van der Waals surface area contributed by atoms with E-state index in [4.69, 9.17) is 42.5 Å². The fourth-order valence-corrected chi connectivity index (χ4v) is 9.40. The van der Waals surface area contributed by atoms with Crippen LogP contribution in [0.25, 0.3) is 0 Å². The van der Waals surface area contributed by atoms with E-state index in [-0.39, 0.29) is 57.5 Å². The molecule has 2 rings (SSSR count). The molecule has 16 nitrogen and oxygen atoms in total. The number of phosphoric acid groups is 3. The molecular formula is C39H83FeO16P3S2. The van der Waals surface area contributed by atoms with Crippen molar-refractivity contribution in [2.45, 2.75) is 143 Å². The van der Waals surface area contributed by atoms with Gasteiger partial charge in [-0.05, 0) is 55.9 Å². The monoisotopic (exact) mass is 1020 g/mol. The van der Waals surface area contributed by atoms with Crippen LogP contribution in [-0.2, 0) is 71.9 Å². The number of rotatable bonds is 38. The van der Waals surface area contributed by atoms with Gasteiger partial charge in [-0.2, -0.15) is 25.3 Å². The van der Waals surface area contributed by atoms with Crippen LogP contribution in [0.2, 0.25) is 0 Å². The van der Waals surface area contributed by atoms with Crippen molar-refractivity contribution in [3.63, 3.8) is 0 Å². The number of aliphatic hydroxyl groups is 2. The van der Waals surface area contributed by atoms with E-state index in [1.807, 2.05) is 0 Å². The molecule has 6 atom stereocenters. The summed E-state index contributed by atoms with van der Waals surface area (Å²) in [6.45, 7) is -1.47. The summed E-state index contributed by atoms with van der Waals surface area (Å²) in [5.41, 5.74) is -2.28. The molecule has 2 saturated carbocycles. The standard InChI is InChI=1S/C33H69O16P3S2.C5H10.CH4.Fe/c1-32(24-35,25-41-18-9-3-5-11-22-53)27-45-50(36,37)46-28-33(2,26-42-19-10-4-6-12-23-54)29-47-51(38,39)48-30-49-52(40,44-21-17-34)43-20-13-16-31-14-7-8-15-31;1-2-4-5-3-1;;/h31,34-35,53-54H,3-30H2,1-2H3,(H,36,37)(H,38,39);1-5H2;1H4;/i21T;;;. The summed E-state index contributed by atoms with van der Waals surface area (Å²) >= 11 is 8.41. The molecular weight excluding hydrogens is 937 g/mol. The van der Waals surface area contributed by atoms with E-state index >= 15 is 0 Å². The number of hydrogen-bond donors (Lipinski definition) is 6. The van der Waals surface area contributed by atoms with E-state index in [1.165, 1.54) is 51.9 Å². The van der Waals surface area contributed by atoms with Crippen molar-refractivity contribution >= 4 is 48.7 Å². The van der Waals surface area contributed by atoms with Crippen molar-refractivity contribution in [2.24, 2.45) is 16.7 Å². The number of phosphoric ester groups is 3. The molecule has 0 aromatic rings. The van der Waals surface area contributed by atoms with Gasteiger partial charge in [-0.25, -0.2) is 13.7 Å². The molecule has 0 aliphatic heterocycles. The Bertz CT molecular complexity index is 1210. The predicted octanol–water partition coefficient (Wildman–Crippen LogP) is 9.93. The van der Waals surface area contributed by atoms with E-state index in [0.29, 0.717) is 25.6 Å². The van der Waals surface area contributed by atoms with E-state index in [1.54, 1.807) is 6.92 Å². The molecule has 22 heteroatoms. The Balaban J connectivity index is 0. The van der Waals surface area contributed by atoms with Crippen molar-refractivity contribution in [1.82, 2.24) is 0 Å². The Morgan fingerprint density at radius 2 is 1.05 bits per heavy atom. The fraction of sp³-hybridized carbons (Fsp3) is 1.00. The van der Waals surface area contributed by atoms with Gasteiger partial charge in [0.1, 0.15) is 0 Å². The molecule has 2 fully saturated rings. The first-order valence-electron chi connectivity index (χ1n) is 21.9. The van der Waals surface area contributed by atoms with Gasteiger partial charge in [0.2, 0.25) is 0 Å². The summed E-state index contributed by atoms with van der Waals surface area (Å²) in [6, 6.07) is 0. The first kappa shape index (κ1) is 62.4. The van der Waals surface area contributed by atoms with Crippen LogP contribution in [0.4, 0.5) is 0 Å². The maximum atomic E-state index is 13.1. The second-order valence-corrected chi connectivity index (χ2v) is 21.5. The molecule has 4 N–H and O–H groups in total. The Morgan fingerprint density at radius 3 is 1.52 bits per heavy atom. The third kappa shape index (κ3) is 35.2. The number of hydrogen-bond acceptors (Lipinski definition) is 16. The quantitative estimate of drug-likeness (QED) is 0.0112. The molecule has 6 unspecified atom stereocenters. The minimum absolute atomic E-state index is 0. The maximum absolute atomic E-state index is 13.1. The van der Waals surface area contributed by atoms with Gasteiger partial charge in [-0.15, -0.1) is 0 Å². The fourth-order valence-electron chi connectivity index (χ4n) is 6.13. The normalized spacial score (nSPS) is 20.0. The SMILES string of the molecule is C.C1CCCC1.[3H]C(CO)OP(=O)(OCCCC1CCCC1)OCOP(=O)(O)OCC(C)(COCCCCCCS)COP(=O)(O)OCC(C)(CO)COCCCCCCS.[Fe]. The van der Waals surface area contributed by atoms with Gasteiger partial charge in [-0.1, -0.05) is 105 Å². The zero-order chi connectivity index (χ0) is 44.6. The smallest absolute Gasteiger partial charge is 0.396 e. The number of ether oxygens (including phenoxy) is 2. The third-order valence-electron chi connectivity index (χ3n) is 9.84. The maximum Gasteiger partial charge on any atom is 0.477 e. The topological polar surface area (TPSA) is 215 Å². The molecule has 0 bridgehead atoms. The van der Waals surface area contributed by atoms with Crippen LogP contribution in [0, 0.1) is 16.7 Å². The van der Waals surface area contributed by atoms with Crippen molar-refractivity contribution in [3.05, 3.63) is 0 Å². The summed E-state index contributed by atoms with van der Waals surface area (Å²) in [5, 5.41) is 19.2. The van der Waals surface area contributed by atoms with Crippen molar-refractivity contribution in [2.75, 3.05) is 91.0 Å². The molecule has 0 heterocycles. The summed E-state index contributed by atoms with van der Waals surface area (Å²) < 4.78 is 93.9. The summed E-state index contributed by atoms with van der Waals surface area (Å²) in [6.07, 6.45) is 20.9. The van der Waals surface area contributed by atoms with Crippen molar-refractivity contribution in [1.29, 1.82) is 0 Å². The molecule has 370 valence electrons. The van der Waals surface area contributed by atoms with Crippen molar-refractivity contribution < 1.29 is 93.3 Å². The molecule has 0 amide bonds. The van der Waals surface area contributed by atoms with E-state index < -0.39 is 67.5 Å². The molecule has 0 saturated heterocycles. The second-order valence-electron chi connectivity index (χ2n) is 16.1. The summed E-state index contributed by atoms with van der Waals surface area (Å²) in [7, 11) is -14.1. The Hall–Kier alpha value is 1.39. The molecule has 0 aromatic carbocycles. The molecule has 61 heavy (non-hydrogen) atoms. The van der Waals surface area contributed by atoms with Gasteiger partial charge in [0.15, 0.2) is 6.79 Å². The van der Waals surface area contributed by atoms with Crippen LogP contribution in [0.3, 0.4) is 0 Å². The first-order valence-corrected chi connectivity index (χ1v) is 27.1. The average molecular weight is 1020 g/mol. The minimum atomic E-state index is -4.92. The van der Waals surface area contributed by atoms with E-state index in [2.05, 4.69) is 25.3 Å². The van der Waals surface area contributed by atoms with Gasteiger partial charge in [0.05, 0.1) is 60.8 Å². The number of thiol groups is 2. The predicted molar refractivity (Wildman–Crippen MR) is 242 cm³/mol. The van der Waals surface area contributed by atoms with Crippen LogP contribution in [0.15, 0.2) is 0 Å². The molecule has 0 aromatic heterocycles. The minimum Gasteiger partial charge on any atom is -0.396 e. The molecule has 0 spiro atoms. The Labute approximate surface area is 391 Å². The van der Waals surface area contributed by atoms with Crippen LogP contribution in [-0.4, -0.2) is 111 Å². The zero-order valence-corrected chi connectivity index (χ0v) is 41.6. The van der Waals surface area contributed by atoms with Gasteiger partial charge in [-0.3, -0.25) is 31.7 Å². The molecule has 2 aliphatic rings. The Kier molecular flexibility index (Phi) is 39.2. The van der Waals surface area contributed by atoms with Crippen LogP contribution in [0.5, 0.6) is 0 Å². The summed E-state index contributed by atoms with van der Waals surface area (Å²) in [5.74, 6) is 2.15. The van der Waals surface area contributed by atoms with Crippen molar-refractivity contribution in [3.8, 4) is 0 Å². The van der Waals surface area contributed by atoms with E-state index in [0.717, 1.165) is 82.1 Å². The average Bonchev–Trinajstić information content (AvgIpc) is 3.98. The van der Waals surface area contributed by atoms with Gasteiger partial charge in [0, 0.05) is 41.1 Å². The summed E-state index contributed by atoms with van der Waals surface area (Å²) in [4.78, 5) is 21.0. The van der Waals surface area contributed by atoms with Gasteiger partial charge >= 0.3 is 23.5 Å². The van der Waals surface area contributed by atoms with Gasteiger partial charge < -0.3 is 29.5 Å². The Morgan fingerprint density at radius 1 is 0.590 bits per heavy atom. The second kappa shape index (κ2) is 38.4. The molecule has 0 radical (unpaired) electrons. The first-order chi connectivity index (χ1) is 28.5. The molecule has 2 aliphatic carbocycles. The van der Waals surface area contributed by atoms with Crippen LogP contribution in [0.1, 0.15) is 145 Å². The van der Waals surface area contributed by atoms with Crippen LogP contribution < -0.4 is 0 Å². The number of unbranched alkanes of at least 4 members (excludes halogenated alkanes) is 6. The zero-order valence-electron chi connectivity index (χ0n) is 37.1. The van der Waals surface area contributed by atoms with Gasteiger partial charge in [0.25, 0.3) is 0 Å².